The molecule has 0 unspecified atom stereocenters. The molecule has 0 radical (unpaired) electrons. The van der Waals surface area contributed by atoms with Crippen molar-refractivity contribution < 1.29 is 37.2 Å². The standard InChI is InChI=1S/C4H9NO4S.C4H5NO4/c6-10(7,8)5-1-3-9-4-2-5;5-3(7)1-2(6)4(8)9/h1-4H2,(H,6,7,8);1H2,(H2,5,7)(H,8,9). The molecule has 0 atom stereocenters. The van der Waals surface area contributed by atoms with E-state index in [-0.39, 0.29) is 13.1 Å². The van der Waals surface area contributed by atoms with Gasteiger partial charge in [-0.1, -0.05) is 0 Å². The number of aliphatic carboxylic acids is 1. The number of rotatable bonds is 4. The van der Waals surface area contributed by atoms with E-state index < -0.39 is 34.4 Å². The summed E-state index contributed by atoms with van der Waals surface area (Å²) in [5.41, 5.74) is 4.51. The van der Waals surface area contributed by atoms with E-state index in [2.05, 4.69) is 5.73 Å². The van der Waals surface area contributed by atoms with Gasteiger partial charge in [-0.2, -0.15) is 12.7 Å². The van der Waals surface area contributed by atoms with Crippen molar-refractivity contribution in [2.75, 3.05) is 26.3 Å². The fourth-order valence-corrected chi connectivity index (χ4v) is 1.62. The molecule has 1 saturated heterocycles. The van der Waals surface area contributed by atoms with Crippen LogP contribution in [0.4, 0.5) is 0 Å². The lowest BCUT2D eigenvalue weighted by molar-refractivity contribution is -0.150. The molecular weight excluding hydrogens is 284 g/mol. The maximum atomic E-state index is 10.4. The van der Waals surface area contributed by atoms with Gasteiger partial charge in [0, 0.05) is 13.1 Å². The average Bonchev–Trinajstić information content (AvgIpc) is 2.29. The number of carbonyl (C=O) groups is 3. The number of primary amides is 1. The number of carboxylic acids is 1. The van der Waals surface area contributed by atoms with Crippen molar-refractivity contribution in [3.05, 3.63) is 0 Å². The van der Waals surface area contributed by atoms with Crippen molar-refractivity contribution >= 4 is 28.0 Å². The normalized spacial score (nSPS) is 16.1. The predicted octanol–water partition coefficient (Wildman–Crippen LogP) is -2.36. The van der Waals surface area contributed by atoms with Crippen LogP contribution in [0.1, 0.15) is 6.42 Å². The predicted molar refractivity (Wildman–Crippen MR) is 60.4 cm³/mol. The number of Topliss-reactive ketones (excluding diaryl/α,β-unsaturated/α-hetero) is 1. The number of hydrogen-bond donors (Lipinski definition) is 3. The van der Waals surface area contributed by atoms with E-state index in [1.807, 2.05) is 0 Å². The molecule has 0 spiro atoms. The smallest absolute Gasteiger partial charge is 0.372 e. The van der Waals surface area contributed by atoms with Crippen LogP contribution in [0.25, 0.3) is 0 Å². The molecule has 0 bridgehead atoms. The van der Waals surface area contributed by atoms with Gasteiger partial charge in [-0.15, -0.1) is 0 Å². The van der Waals surface area contributed by atoms with Gasteiger partial charge in [0.1, 0.15) is 0 Å². The van der Waals surface area contributed by atoms with Crippen LogP contribution in [0.3, 0.4) is 0 Å². The van der Waals surface area contributed by atoms with Crippen molar-refractivity contribution in [1.82, 2.24) is 4.31 Å². The molecular formula is C8H14N2O8S. The van der Waals surface area contributed by atoms with Crippen LogP contribution in [0.15, 0.2) is 0 Å². The van der Waals surface area contributed by atoms with Gasteiger partial charge < -0.3 is 15.6 Å². The monoisotopic (exact) mass is 298 g/mol. The molecule has 0 aromatic heterocycles. The summed E-state index contributed by atoms with van der Waals surface area (Å²) in [7, 11) is -3.97. The van der Waals surface area contributed by atoms with Gasteiger partial charge in [0.25, 0.3) is 0 Å². The van der Waals surface area contributed by atoms with Crippen LogP contribution in [-0.2, 0) is 29.4 Å². The van der Waals surface area contributed by atoms with Gasteiger partial charge in [0.05, 0.1) is 19.6 Å². The minimum atomic E-state index is -3.97. The first kappa shape index (κ1) is 17.4. The lowest BCUT2D eigenvalue weighted by Crippen LogP contribution is -2.40. The third kappa shape index (κ3) is 8.20. The van der Waals surface area contributed by atoms with Crippen LogP contribution < -0.4 is 5.73 Å². The van der Waals surface area contributed by atoms with E-state index in [9.17, 15) is 22.8 Å². The third-order valence-electron chi connectivity index (χ3n) is 1.87. The minimum Gasteiger partial charge on any atom is -0.475 e. The Morgan fingerprint density at radius 2 is 1.68 bits per heavy atom. The van der Waals surface area contributed by atoms with Crippen LogP contribution in [0.2, 0.25) is 0 Å². The van der Waals surface area contributed by atoms with Crippen LogP contribution in [-0.4, -0.2) is 66.3 Å². The number of ether oxygens (including phenoxy) is 1. The highest BCUT2D eigenvalue weighted by atomic mass is 32.2. The third-order valence-corrected chi connectivity index (χ3v) is 2.89. The molecule has 110 valence electrons. The molecule has 1 amide bonds. The molecule has 11 heteroatoms. The number of ketones is 1. The second-order valence-corrected chi connectivity index (χ2v) is 4.77. The van der Waals surface area contributed by atoms with Crippen LogP contribution in [0, 0.1) is 0 Å². The lowest BCUT2D eigenvalue weighted by Gasteiger charge is -2.22. The summed E-state index contributed by atoms with van der Waals surface area (Å²) in [5, 5.41) is 7.87. The summed E-state index contributed by atoms with van der Waals surface area (Å²) < 4.78 is 35.2. The summed E-state index contributed by atoms with van der Waals surface area (Å²) in [6, 6.07) is 0. The Bertz CT molecular complexity index is 440. The largest absolute Gasteiger partial charge is 0.475 e. The molecule has 1 rings (SSSR count). The Hall–Kier alpha value is -1.56. The molecule has 19 heavy (non-hydrogen) atoms. The second-order valence-electron chi connectivity index (χ2n) is 3.36. The fourth-order valence-electron chi connectivity index (χ4n) is 1.01. The highest BCUT2D eigenvalue weighted by Crippen LogP contribution is 2.00. The molecule has 0 aromatic carbocycles. The fraction of sp³-hybridized carbons (Fsp3) is 0.625. The minimum absolute atomic E-state index is 0.249. The Balaban J connectivity index is 0.000000344. The highest BCUT2D eigenvalue weighted by molar-refractivity contribution is 7.83. The van der Waals surface area contributed by atoms with Crippen molar-refractivity contribution in [1.29, 1.82) is 0 Å². The quantitative estimate of drug-likeness (QED) is 0.294. The van der Waals surface area contributed by atoms with Gasteiger partial charge >= 0.3 is 16.3 Å². The second kappa shape index (κ2) is 7.78. The Morgan fingerprint density at radius 1 is 1.21 bits per heavy atom. The Labute approximate surface area is 109 Å². The number of nitrogens with two attached hydrogens (primary N) is 1. The molecule has 1 aliphatic rings. The van der Waals surface area contributed by atoms with Gasteiger partial charge in [0.15, 0.2) is 0 Å². The topological polar surface area (TPSA) is 164 Å². The zero-order valence-electron chi connectivity index (χ0n) is 9.81. The number of amides is 1. The highest BCUT2D eigenvalue weighted by Gasteiger charge is 2.20. The number of carbonyl (C=O) groups excluding carboxylic acids is 2. The van der Waals surface area contributed by atoms with E-state index >= 15 is 0 Å². The van der Waals surface area contributed by atoms with Gasteiger partial charge in [-0.05, 0) is 0 Å². The molecule has 0 saturated carbocycles. The van der Waals surface area contributed by atoms with Crippen LogP contribution >= 0.6 is 0 Å². The number of carboxylic acid groups (broad SMARTS) is 1. The van der Waals surface area contributed by atoms with E-state index in [1.54, 1.807) is 0 Å². The molecule has 1 fully saturated rings. The van der Waals surface area contributed by atoms with Gasteiger partial charge in [-0.3, -0.25) is 14.1 Å². The number of nitrogens with zero attached hydrogens (tertiary/aromatic N) is 1. The van der Waals surface area contributed by atoms with E-state index in [1.165, 1.54) is 0 Å². The van der Waals surface area contributed by atoms with E-state index in [0.717, 1.165) is 4.31 Å². The first-order chi connectivity index (χ1) is 8.64. The molecule has 1 aliphatic heterocycles. The Kier molecular flexibility index (Phi) is 7.14. The van der Waals surface area contributed by atoms with E-state index in [4.69, 9.17) is 14.4 Å². The van der Waals surface area contributed by atoms with E-state index in [0.29, 0.717) is 13.2 Å². The number of morpholine rings is 1. The van der Waals surface area contributed by atoms with Crippen molar-refractivity contribution in [2.45, 2.75) is 6.42 Å². The van der Waals surface area contributed by atoms with Crippen molar-refractivity contribution in [3.8, 4) is 0 Å². The maximum Gasteiger partial charge on any atom is 0.372 e. The summed E-state index contributed by atoms with van der Waals surface area (Å²) in [6.45, 7) is 1.22. The van der Waals surface area contributed by atoms with Gasteiger partial charge in [0.2, 0.25) is 11.7 Å². The average molecular weight is 298 g/mol. The number of hydrogen-bond acceptors (Lipinski definition) is 6. The molecule has 1 heterocycles. The molecule has 0 aromatic rings. The summed E-state index contributed by atoms with van der Waals surface area (Å²) >= 11 is 0. The zero-order chi connectivity index (χ0) is 15.1. The molecule has 0 aliphatic carbocycles. The maximum absolute atomic E-state index is 10.4. The molecule has 10 nitrogen and oxygen atoms in total. The summed E-state index contributed by atoms with van der Waals surface area (Å²) in [6.07, 6.45) is -0.727. The summed E-state index contributed by atoms with van der Waals surface area (Å²) in [5.74, 6) is -3.74. The first-order valence-corrected chi connectivity index (χ1v) is 6.39. The summed E-state index contributed by atoms with van der Waals surface area (Å²) in [4.78, 5) is 29.6. The van der Waals surface area contributed by atoms with Crippen molar-refractivity contribution in [3.63, 3.8) is 0 Å². The zero-order valence-corrected chi connectivity index (χ0v) is 10.6. The molecule has 4 N–H and O–H groups in total. The Morgan fingerprint density at radius 3 is 1.89 bits per heavy atom. The SMILES string of the molecule is NC(=O)CC(=O)C(=O)O.O=S(=O)(O)N1CCOCC1. The lowest BCUT2D eigenvalue weighted by atomic mass is 10.3. The first-order valence-electron chi connectivity index (χ1n) is 4.99. The van der Waals surface area contributed by atoms with Crippen LogP contribution in [0.5, 0.6) is 0 Å². The van der Waals surface area contributed by atoms with Crippen molar-refractivity contribution in [2.24, 2.45) is 5.73 Å². The van der Waals surface area contributed by atoms with Gasteiger partial charge in [-0.25, -0.2) is 4.79 Å².